The maximum absolute atomic E-state index is 5.35. The van der Waals surface area contributed by atoms with Crippen molar-refractivity contribution in [2.75, 3.05) is 19.7 Å². The van der Waals surface area contributed by atoms with Crippen LogP contribution in [0.5, 0.6) is 5.75 Å². The van der Waals surface area contributed by atoms with E-state index in [4.69, 9.17) is 4.74 Å². The molecule has 0 radical (unpaired) electrons. The molecule has 3 nitrogen and oxygen atoms in total. The predicted octanol–water partition coefficient (Wildman–Crippen LogP) is 8.62. The number of aryl methyl sites for hydroxylation is 2. The van der Waals surface area contributed by atoms with Crippen LogP contribution in [0.25, 0.3) is 10.2 Å². The largest absolute Gasteiger partial charge is 0.493 e. The highest BCUT2D eigenvalue weighted by Gasteiger charge is 2.10. The summed E-state index contributed by atoms with van der Waals surface area (Å²) in [6, 6.07) is 12.7. The Morgan fingerprint density at radius 3 is 2.09 bits per heavy atom. The van der Waals surface area contributed by atoms with Crippen molar-refractivity contribution in [3.05, 3.63) is 58.6 Å². The minimum atomic E-state index is 0.860. The third kappa shape index (κ3) is 12.2. The van der Waals surface area contributed by atoms with Gasteiger partial charge in [-0.2, -0.15) is 0 Å². The molecule has 1 N–H and O–H groups in total. The fraction of sp³-hybridized carbons (Fsp3) is 0.552. The molecule has 186 valence electrons. The molecule has 3 aromatic rings. The number of aromatic nitrogens is 1. The van der Waals surface area contributed by atoms with Gasteiger partial charge in [0.2, 0.25) is 0 Å². The van der Waals surface area contributed by atoms with Crippen molar-refractivity contribution in [3.8, 4) is 5.75 Å². The van der Waals surface area contributed by atoms with E-state index >= 15 is 0 Å². The average Bonchev–Trinajstić information content (AvgIpc) is 3.53. The molecular weight excluding hydrogens is 424 g/mol. The van der Waals surface area contributed by atoms with Crippen LogP contribution in [0.1, 0.15) is 78.0 Å². The van der Waals surface area contributed by atoms with Crippen molar-refractivity contribution in [1.82, 2.24) is 10.3 Å². The van der Waals surface area contributed by atoms with Gasteiger partial charge in [0.05, 0.1) is 22.3 Å². The number of benzene rings is 2. The number of fused-ring (bicyclic) bond motifs is 2. The molecule has 1 aromatic heterocycles. The molecule has 0 atom stereocenters. The standard InChI is InChI=1S/C9H10O.C8H7NS.C6H13N.3C2H6/c1-7-2-3-9-8(6-7)4-5-10-9;1-6-2-3-8-7(4-6)9-5-10-8;1-6-2-4-7-5-3-6;3*1-2/h2-3,6H,4-5H2,1H3;2-5H,1H3;6-7H,2-5H2,1H3;3*1-2H3. The van der Waals surface area contributed by atoms with Crippen molar-refractivity contribution >= 4 is 21.6 Å². The zero-order valence-corrected chi connectivity index (χ0v) is 23.4. The van der Waals surface area contributed by atoms with Gasteiger partial charge in [-0.25, -0.2) is 4.98 Å². The number of piperidine rings is 1. The van der Waals surface area contributed by atoms with E-state index in [0.29, 0.717) is 0 Å². The number of thiazole rings is 1. The highest BCUT2D eigenvalue weighted by molar-refractivity contribution is 7.16. The number of hydrogen-bond donors (Lipinski definition) is 1. The van der Waals surface area contributed by atoms with Gasteiger partial charge in [-0.1, -0.05) is 72.2 Å². The van der Waals surface area contributed by atoms with Gasteiger partial charge in [-0.3, -0.25) is 0 Å². The van der Waals surface area contributed by atoms with Crippen molar-refractivity contribution in [2.45, 2.75) is 81.6 Å². The molecule has 2 aromatic carbocycles. The third-order valence-corrected chi connectivity index (χ3v) is 5.77. The van der Waals surface area contributed by atoms with Gasteiger partial charge in [0.1, 0.15) is 5.75 Å². The third-order valence-electron chi connectivity index (χ3n) is 4.96. The second-order valence-corrected chi connectivity index (χ2v) is 8.35. The number of nitrogens with zero attached hydrogens (tertiary/aromatic N) is 1. The lowest BCUT2D eigenvalue weighted by atomic mass is 10.0. The monoisotopic (exact) mass is 472 g/mol. The summed E-state index contributed by atoms with van der Waals surface area (Å²) >= 11 is 1.68. The Kier molecular flexibility index (Phi) is 18.4. The summed E-state index contributed by atoms with van der Waals surface area (Å²) < 4.78 is 6.62. The SMILES string of the molecule is CC.CC.CC.CC1CCNCC1.Cc1ccc2c(c1)CCO2.Cc1ccc2scnc2c1. The number of nitrogens with one attached hydrogen (secondary N) is 1. The summed E-state index contributed by atoms with van der Waals surface area (Å²) in [5.74, 6) is 2.05. The molecule has 33 heavy (non-hydrogen) atoms. The first-order valence-electron chi connectivity index (χ1n) is 12.8. The molecule has 1 fully saturated rings. The van der Waals surface area contributed by atoms with Gasteiger partial charge in [0.25, 0.3) is 0 Å². The number of hydrogen-bond acceptors (Lipinski definition) is 4. The Hall–Kier alpha value is -1.91. The lowest BCUT2D eigenvalue weighted by Gasteiger charge is -2.17. The topological polar surface area (TPSA) is 34.1 Å². The molecule has 3 heterocycles. The second-order valence-electron chi connectivity index (χ2n) is 7.47. The summed E-state index contributed by atoms with van der Waals surface area (Å²) in [5, 5.41) is 3.32. The van der Waals surface area contributed by atoms with Crippen LogP contribution in [-0.4, -0.2) is 24.7 Å². The highest BCUT2D eigenvalue weighted by Crippen LogP contribution is 2.25. The van der Waals surface area contributed by atoms with E-state index in [1.54, 1.807) is 11.3 Å². The van der Waals surface area contributed by atoms with E-state index in [1.165, 1.54) is 47.3 Å². The first-order valence-corrected chi connectivity index (χ1v) is 13.7. The zero-order chi connectivity index (χ0) is 25.1. The fourth-order valence-electron chi connectivity index (χ4n) is 3.25. The van der Waals surface area contributed by atoms with Crippen LogP contribution in [-0.2, 0) is 6.42 Å². The Labute approximate surface area is 208 Å². The quantitative estimate of drug-likeness (QED) is 0.355. The predicted molar refractivity (Wildman–Crippen MR) is 150 cm³/mol. The fourth-order valence-corrected chi connectivity index (χ4v) is 3.91. The van der Waals surface area contributed by atoms with Gasteiger partial charge in [0, 0.05) is 6.42 Å². The van der Waals surface area contributed by atoms with Crippen LogP contribution in [0.4, 0.5) is 0 Å². The van der Waals surface area contributed by atoms with Crippen LogP contribution < -0.4 is 10.1 Å². The van der Waals surface area contributed by atoms with Crippen LogP contribution in [0.3, 0.4) is 0 Å². The first-order chi connectivity index (χ1) is 16.1. The van der Waals surface area contributed by atoms with Crippen LogP contribution >= 0.6 is 11.3 Å². The average molecular weight is 473 g/mol. The summed E-state index contributed by atoms with van der Waals surface area (Å²) in [6.07, 6.45) is 3.83. The van der Waals surface area contributed by atoms with Crippen LogP contribution in [0.2, 0.25) is 0 Å². The van der Waals surface area contributed by atoms with Crippen LogP contribution in [0.15, 0.2) is 41.9 Å². The maximum atomic E-state index is 5.35. The Morgan fingerprint density at radius 1 is 0.879 bits per heavy atom. The molecule has 2 aliphatic rings. The molecule has 1 saturated heterocycles. The van der Waals surface area contributed by atoms with Crippen LogP contribution in [0, 0.1) is 19.8 Å². The Balaban J connectivity index is 0.000000423. The molecule has 0 amide bonds. The minimum absolute atomic E-state index is 0.860. The molecule has 5 rings (SSSR count). The van der Waals surface area contributed by atoms with Gasteiger partial charge in [0.15, 0.2) is 0 Å². The van der Waals surface area contributed by atoms with Crippen molar-refractivity contribution in [1.29, 1.82) is 0 Å². The van der Waals surface area contributed by atoms with Gasteiger partial charge >= 0.3 is 0 Å². The molecule has 4 heteroatoms. The number of ether oxygens (including phenoxy) is 1. The lowest BCUT2D eigenvalue weighted by Crippen LogP contribution is -2.26. The molecule has 0 saturated carbocycles. The second kappa shape index (κ2) is 19.5. The molecule has 0 spiro atoms. The zero-order valence-electron chi connectivity index (χ0n) is 22.6. The summed E-state index contributed by atoms with van der Waals surface area (Å²) in [6.45, 7) is 21.8. The minimum Gasteiger partial charge on any atom is -0.493 e. The Morgan fingerprint density at radius 2 is 1.48 bits per heavy atom. The normalized spacial score (nSPS) is 13.5. The van der Waals surface area contributed by atoms with E-state index in [1.807, 2.05) is 47.1 Å². The summed E-state index contributed by atoms with van der Waals surface area (Å²) in [7, 11) is 0. The van der Waals surface area contributed by atoms with E-state index in [9.17, 15) is 0 Å². The maximum Gasteiger partial charge on any atom is 0.122 e. The lowest BCUT2D eigenvalue weighted by molar-refractivity contribution is 0.357. The van der Waals surface area contributed by atoms with E-state index < -0.39 is 0 Å². The summed E-state index contributed by atoms with van der Waals surface area (Å²) in [4.78, 5) is 4.20. The molecule has 0 unspecified atom stereocenters. The van der Waals surface area contributed by atoms with E-state index in [0.717, 1.165) is 30.2 Å². The molecular formula is C29H48N2OS. The summed E-state index contributed by atoms with van der Waals surface area (Å²) in [5.41, 5.74) is 6.96. The molecule has 0 bridgehead atoms. The first kappa shape index (κ1) is 31.1. The molecule has 0 aliphatic carbocycles. The van der Waals surface area contributed by atoms with Crippen molar-refractivity contribution < 1.29 is 4.74 Å². The highest BCUT2D eigenvalue weighted by atomic mass is 32.1. The molecule has 2 aliphatic heterocycles. The van der Waals surface area contributed by atoms with E-state index in [2.05, 4.69) is 67.5 Å². The smallest absolute Gasteiger partial charge is 0.122 e. The van der Waals surface area contributed by atoms with Crippen molar-refractivity contribution in [3.63, 3.8) is 0 Å². The number of rotatable bonds is 0. The Bertz CT molecular complexity index is 854. The van der Waals surface area contributed by atoms with E-state index in [-0.39, 0.29) is 0 Å². The van der Waals surface area contributed by atoms with Gasteiger partial charge in [-0.15, -0.1) is 11.3 Å². The van der Waals surface area contributed by atoms with Gasteiger partial charge < -0.3 is 10.1 Å². The van der Waals surface area contributed by atoms with Gasteiger partial charge in [-0.05, 0) is 75.0 Å². The van der Waals surface area contributed by atoms with Crippen molar-refractivity contribution in [2.24, 2.45) is 5.92 Å².